The molecule has 2 aromatic rings. The van der Waals surface area contributed by atoms with Crippen molar-refractivity contribution in [3.8, 4) is 0 Å². The summed E-state index contributed by atoms with van der Waals surface area (Å²) in [6.07, 6.45) is 3.23. The number of carbonyl (C=O) groups is 2. The molecule has 0 bridgehead atoms. The Hall–Kier alpha value is -3.01. The van der Waals surface area contributed by atoms with Crippen LogP contribution in [0.25, 0.3) is 0 Å². The molecule has 1 aromatic carbocycles. The number of benzene rings is 1. The van der Waals surface area contributed by atoms with Crippen LogP contribution in [0.2, 0.25) is 0 Å². The van der Waals surface area contributed by atoms with E-state index in [0.29, 0.717) is 28.0 Å². The Morgan fingerprint density at radius 2 is 1.91 bits per heavy atom. The van der Waals surface area contributed by atoms with E-state index in [9.17, 15) is 13.8 Å². The molecule has 4 rings (SSSR count). The second-order valence-corrected chi connectivity index (χ2v) is 10.0. The van der Waals surface area contributed by atoms with Gasteiger partial charge in [-0.25, -0.2) is 4.98 Å². The van der Waals surface area contributed by atoms with Gasteiger partial charge >= 0.3 is 5.97 Å². The number of amides is 1. The lowest BCUT2D eigenvalue weighted by molar-refractivity contribution is -0.136. The molecule has 3 heterocycles. The number of anilines is 3. The van der Waals surface area contributed by atoms with E-state index < -0.39 is 16.8 Å². The van der Waals surface area contributed by atoms with Crippen molar-refractivity contribution in [2.45, 2.75) is 50.0 Å². The van der Waals surface area contributed by atoms with E-state index in [-0.39, 0.29) is 18.4 Å². The minimum Gasteiger partial charge on any atom is -0.481 e. The molecule has 176 valence electrons. The number of nitrogens with zero attached hydrogens (tertiary/aromatic N) is 4. The molecule has 2 N–H and O–H groups in total. The summed E-state index contributed by atoms with van der Waals surface area (Å²) in [5.41, 5.74) is 2.28. The Kier molecular flexibility index (Phi) is 6.92. The number of carbonyl (C=O) groups excluding carboxylic acids is 1. The standard InChI is InChI=1S/C23H29N5O4S/c1-15(29)27(2)18-9-11-28(12-10-18)23-25-19-4-3-13-33(32)21(19)22(26-23)24-17-7-5-16(6-8-17)14-20(30)31/h5-8,18H,3-4,9-14H2,1-2H3,(H,30,31)(H,24,25,26)/t33-/m1/s1. The normalized spacial score (nSPS) is 18.5. The Balaban J connectivity index is 1.58. The van der Waals surface area contributed by atoms with Crippen LogP contribution in [0.1, 0.15) is 37.4 Å². The van der Waals surface area contributed by atoms with Gasteiger partial charge in [0.15, 0.2) is 5.82 Å². The molecule has 1 amide bonds. The van der Waals surface area contributed by atoms with E-state index in [1.165, 1.54) is 0 Å². The number of aryl methyl sites for hydroxylation is 1. The van der Waals surface area contributed by atoms with Crippen LogP contribution in [0.5, 0.6) is 0 Å². The summed E-state index contributed by atoms with van der Waals surface area (Å²) in [5.74, 6) is 0.939. The second kappa shape index (κ2) is 9.86. The molecule has 1 fully saturated rings. The Bertz CT molecular complexity index is 1070. The minimum atomic E-state index is -1.17. The third-order valence-electron chi connectivity index (χ3n) is 6.26. The molecule has 1 atom stereocenters. The van der Waals surface area contributed by atoms with Gasteiger partial charge in [0.2, 0.25) is 11.9 Å². The predicted octanol–water partition coefficient (Wildman–Crippen LogP) is 2.35. The van der Waals surface area contributed by atoms with Crippen LogP contribution in [0.3, 0.4) is 0 Å². The SMILES string of the molecule is CC(=O)N(C)C1CCN(c2nc3c(c(Nc4ccc(CC(=O)O)cc4)n2)[S@](=O)CCC3)CC1. The monoisotopic (exact) mass is 471 g/mol. The molecule has 10 heteroatoms. The first kappa shape index (κ1) is 23.2. The largest absolute Gasteiger partial charge is 0.481 e. The summed E-state index contributed by atoms with van der Waals surface area (Å²) in [4.78, 5) is 36.8. The Labute approximate surface area is 195 Å². The Morgan fingerprint density at radius 1 is 1.21 bits per heavy atom. The molecular formula is C23H29N5O4S. The number of hydrogen-bond donors (Lipinski definition) is 2. The molecule has 1 aromatic heterocycles. The maximum absolute atomic E-state index is 12.8. The first-order chi connectivity index (χ1) is 15.8. The molecule has 0 radical (unpaired) electrons. The molecule has 1 saturated heterocycles. The molecular weight excluding hydrogens is 442 g/mol. The van der Waals surface area contributed by atoms with Crippen molar-refractivity contribution in [3.63, 3.8) is 0 Å². The second-order valence-electron chi connectivity index (χ2n) is 8.54. The zero-order valence-electron chi connectivity index (χ0n) is 18.9. The number of aromatic nitrogens is 2. The Morgan fingerprint density at radius 3 is 2.55 bits per heavy atom. The molecule has 2 aliphatic heterocycles. The number of hydrogen-bond acceptors (Lipinski definition) is 7. The van der Waals surface area contributed by atoms with Crippen molar-refractivity contribution >= 4 is 40.1 Å². The van der Waals surface area contributed by atoms with E-state index >= 15 is 0 Å². The predicted molar refractivity (Wildman–Crippen MR) is 126 cm³/mol. The molecule has 0 saturated carbocycles. The highest BCUT2D eigenvalue weighted by Gasteiger charge is 2.28. The van der Waals surface area contributed by atoms with Crippen LogP contribution in [0, 0.1) is 0 Å². The van der Waals surface area contributed by atoms with Crippen LogP contribution in [0.4, 0.5) is 17.5 Å². The third kappa shape index (κ3) is 5.32. The number of piperidine rings is 1. The van der Waals surface area contributed by atoms with Crippen LogP contribution >= 0.6 is 0 Å². The summed E-state index contributed by atoms with van der Waals surface area (Å²) in [6, 6.07) is 7.35. The fourth-order valence-electron chi connectivity index (χ4n) is 4.32. The fourth-order valence-corrected chi connectivity index (χ4v) is 5.65. The van der Waals surface area contributed by atoms with Crippen molar-refractivity contribution in [1.29, 1.82) is 0 Å². The highest BCUT2D eigenvalue weighted by atomic mass is 32.2. The van der Waals surface area contributed by atoms with Gasteiger partial charge in [-0.2, -0.15) is 4.98 Å². The van der Waals surface area contributed by atoms with E-state index in [0.717, 1.165) is 50.2 Å². The molecule has 0 unspecified atom stereocenters. The van der Waals surface area contributed by atoms with Crippen LogP contribution < -0.4 is 10.2 Å². The summed E-state index contributed by atoms with van der Waals surface area (Å²) in [6.45, 7) is 3.08. The maximum atomic E-state index is 12.8. The van der Waals surface area contributed by atoms with Crippen molar-refractivity contribution in [3.05, 3.63) is 35.5 Å². The molecule has 0 aliphatic carbocycles. The van der Waals surface area contributed by atoms with Crippen molar-refractivity contribution in [2.24, 2.45) is 0 Å². The summed E-state index contributed by atoms with van der Waals surface area (Å²) in [5, 5.41) is 12.3. The minimum absolute atomic E-state index is 0.0356. The molecule has 0 spiro atoms. The van der Waals surface area contributed by atoms with Crippen molar-refractivity contribution in [2.75, 3.05) is 36.1 Å². The van der Waals surface area contributed by atoms with E-state index in [2.05, 4.69) is 10.2 Å². The number of nitrogens with one attached hydrogen (secondary N) is 1. The summed E-state index contributed by atoms with van der Waals surface area (Å²) in [7, 11) is 0.674. The maximum Gasteiger partial charge on any atom is 0.307 e. The van der Waals surface area contributed by atoms with Gasteiger partial charge in [0.25, 0.3) is 0 Å². The lowest BCUT2D eigenvalue weighted by Crippen LogP contribution is -2.45. The van der Waals surface area contributed by atoms with Crippen LogP contribution in [-0.4, -0.2) is 68.0 Å². The van der Waals surface area contributed by atoms with Gasteiger partial charge in [0, 0.05) is 44.5 Å². The number of rotatable bonds is 6. The number of carboxylic acid groups (broad SMARTS) is 1. The quantitative estimate of drug-likeness (QED) is 0.660. The van der Waals surface area contributed by atoms with Crippen LogP contribution in [0.15, 0.2) is 29.2 Å². The zero-order valence-corrected chi connectivity index (χ0v) is 19.7. The lowest BCUT2D eigenvalue weighted by atomic mass is 10.0. The van der Waals surface area contributed by atoms with Gasteiger partial charge in [-0.1, -0.05) is 12.1 Å². The molecule has 9 nitrogen and oxygen atoms in total. The first-order valence-electron chi connectivity index (χ1n) is 11.2. The van der Waals surface area contributed by atoms with Gasteiger partial charge in [0.1, 0.15) is 4.90 Å². The van der Waals surface area contributed by atoms with E-state index in [1.54, 1.807) is 36.1 Å². The number of carboxylic acids is 1. The number of fused-ring (bicyclic) bond motifs is 1. The smallest absolute Gasteiger partial charge is 0.307 e. The average Bonchev–Trinajstić information content (AvgIpc) is 2.79. The van der Waals surface area contributed by atoms with Crippen molar-refractivity contribution < 1.29 is 18.9 Å². The van der Waals surface area contributed by atoms with Gasteiger partial charge in [-0.15, -0.1) is 0 Å². The lowest BCUT2D eigenvalue weighted by Gasteiger charge is -2.36. The average molecular weight is 472 g/mol. The van der Waals surface area contributed by atoms with Gasteiger partial charge in [-0.05, 0) is 43.4 Å². The zero-order chi connectivity index (χ0) is 23.5. The van der Waals surface area contributed by atoms with E-state index in [1.807, 2.05) is 7.05 Å². The van der Waals surface area contributed by atoms with Crippen molar-refractivity contribution in [1.82, 2.24) is 14.9 Å². The van der Waals surface area contributed by atoms with Crippen LogP contribution in [-0.2, 0) is 33.2 Å². The van der Waals surface area contributed by atoms with Gasteiger partial charge in [0.05, 0.1) is 22.9 Å². The van der Waals surface area contributed by atoms with Gasteiger partial charge in [-0.3, -0.25) is 13.8 Å². The summed E-state index contributed by atoms with van der Waals surface area (Å²) >= 11 is 0. The number of aliphatic carboxylic acids is 1. The highest BCUT2D eigenvalue weighted by Crippen LogP contribution is 2.32. The third-order valence-corrected chi connectivity index (χ3v) is 7.80. The van der Waals surface area contributed by atoms with E-state index in [4.69, 9.17) is 15.1 Å². The van der Waals surface area contributed by atoms with Gasteiger partial charge < -0.3 is 20.2 Å². The molecule has 33 heavy (non-hydrogen) atoms. The highest BCUT2D eigenvalue weighted by molar-refractivity contribution is 7.85. The molecule has 2 aliphatic rings. The fraction of sp³-hybridized carbons (Fsp3) is 0.478. The summed E-state index contributed by atoms with van der Waals surface area (Å²) < 4.78 is 12.8. The topological polar surface area (TPSA) is 116 Å². The first-order valence-corrected chi connectivity index (χ1v) is 12.5.